The minimum atomic E-state index is -0.244. The molecule has 1 fully saturated rings. The number of rotatable bonds is 4. The summed E-state index contributed by atoms with van der Waals surface area (Å²) in [6.07, 6.45) is 1.37. The van der Waals surface area contributed by atoms with Crippen LogP contribution in [0.5, 0.6) is 0 Å². The van der Waals surface area contributed by atoms with Gasteiger partial charge in [0, 0.05) is 33.2 Å². The van der Waals surface area contributed by atoms with Gasteiger partial charge in [-0.15, -0.1) is 5.10 Å². The Bertz CT molecular complexity index is 744. The zero-order chi connectivity index (χ0) is 17.1. The van der Waals surface area contributed by atoms with Crippen LogP contribution >= 0.6 is 12.2 Å². The lowest BCUT2D eigenvalue weighted by atomic mass is 10.3. The van der Waals surface area contributed by atoms with E-state index in [2.05, 4.69) is 10.00 Å². The van der Waals surface area contributed by atoms with Crippen molar-refractivity contribution in [1.82, 2.24) is 24.1 Å². The van der Waals surface area contributed by atoms with E-state index in [1.807, 2.05) is 30.7 Å². The minimum Gasteiger partial charge on any atom is -0.461 e. The number of amides is 1. The van der Waals surface area contributed by atoms with Gasteiger partial charge in [-0.2, -0.15) is 0 Å². The van der Waals surface area contributed by atoms with Crippen molar-refractivity contribution >= 4 is 18.3 Å². The van der Waals surface area contributed by atoms with Crippen molar-refractivity contribution in [1.29, 1.82) is 0 Å². The van der Waals surface area contributed by atoms with Gasteiger partial charge in [0.15, 0.2) is 16.4 Å². The third kappa shape index (κ3) is 3.36. The quantitative estimate of drug-likeness (QED) is 0.784. The smallest absolute Gasteiger partial charge is 0.409 e. The molecular weight excluding hydrogens is 330 g/mol. The third-order valence-corrected chi connectivity index (χ3v) is 4.50. The molecule has 24 heavy (non-hydrogen) atoms. The first-order chi connectivity index (χ1) is 11.6. The first-order valence-electron chi connectivity index (χ1n) is 7.92. The van der Waals surface area contributed by atoms with E-state index in [0.29, 0.717) is 42.7 Å². The number of carbonyl (C=O) groups is 1. The Hall–Kier alpha value is -2.13. The van der Waals surface area contributed by atoms with Crippen LogP contribution in [-0.4, -0.2) is 63.0 Å². The van der Waals surface area contributed by atoms with E-state index in [9.17, 15) is 4.79 Å². The molecule has 1 aliphatic heterocycles. The van der Waals surface area contributed by atoms with Crippen LogP contribution < -0.4 is 0 Å². The topological polar surface area (TPSA) is 68.7 Å². The molecule has 2 aromatic heterocycles. The van der Waals surface area contributed by atoms with Gasteiger partial charge in [-0.3, -0.25) is 4.90 Å². The maximum atomic E-state index is 11.7. The Morgan fingerprint density at radius 2 is 2.12 bits per heavy atom. The molecule has 1 amide bonds. The molecular formula is C15H21N5O3S. The Labute approximate surface area is 145 Å². The van der Waals surface area contributed by atoms with E-state index in [-0.39, 0.29) is 6.09 Å². The molecule has 1 aliphatic rings. The van der Waals surface area contributed by atoms with Gasteiger partial charge in [0.05, 0.1) is 19.5 Å². The fraction of sp³-hybridized carbons (Fsp3) is 0.533. The van der Waals surface area contributed by atoms with Gasteiger partial charge < -0.3 is 18.6 Å². The highest BCUT2D eigenvalue weighted by Gasteiger charge is 2.23. The van der Waals surface area contributed by atoms with E-state index in [1.165, 1.54) is 0 Å². The third-order valence-electron chi connectivity index (χ3n) is 4.01. The summed E-state index contributed by atoms with van der Waals surface area (Å²) in [7, 11) is 1.88. The molecule has 0 radical (unpaired) electrons. The SMILES string of the molecule is CCOC(=O)N1CCN(Cn2nc(-c3ccco3)n(C)c2=S)CC1. The largest absolute Gasteiger partial charge is 0.461 e. The Morgan fingerprint density at radius 3 is 2.75 bits per heavy atom. The highest BCUT2D eigenvalue weighted by atomic mass is 32.1. The molecule has 0 aliphatic carbocycles. The fourth-order valence-corrected chi connectivity index (χ4v) is 2.86. The van der Waals surface area contributed by atoms with Crippen molar-refractivity contribution in [3.63, 3.8) is 0 Å². The zero-order valence-corrected chi connectivity index (χ0v) is 14.7. The summed E-state index contributed by atoms with van der Waals surface area (Å²) >= 11 is 5.47. The van der Waals surface area contributed by atoms with E-state index in [4.69, 9.17) is 21.4 Å². The van der Waals surface area contributed by atoms with Gasteiger partial charge in [0.1, 0.15) is 0 Å². The van der Waals surface area contributed by atoms with E-state index in [1.54, 1.807) is 15.8 Å². The van der Waals surface area contributed by atoms with Crippen LogP contribution in [-0.2, 0) is 18.5 Å². The number of aromatic nitrogens is 3. The van der Waals surface area contributed by atoms with Crippen LogP contribution in [0.4, 0.5) is 4.79 Å². The van der Waals surface area contributed by atoms with Crippen molar-refractivity contribution in [2.45, 2.75) is 13.6 Å². The summed E-state index contributed by atoms with van der Waals surface area (Å²) in [5.41, 5.74) is 0. The van der Waals surface area contributed by atoms with Crippen LogP contribution in [0.25, 0.3) is 11.6 Å². The first kappa shape index (κ1) is 16.7. The zero-order valence-electron chi connectivity index (χ0n) is 13.8. The Morgan fingerprint density at radius 1 is 1.38 bits per heavy atom. The number of piperazine rings is 1. The Balaban J connectivity index is 1.65. The molecule has 3 rings (SSSR count). The second-order valence-electron chi connectivity index (χ2n) is 5.59. The second-order valence-corrected chi connectivity index (χ2v) is 5.95. The van der Waals surface area contributed by atoms with Crippen molar-refractivity contribution in [3.05, 3.63) is 23.2 Å². The summed E-state index contributed by atoms with van der Waals surface area (Å²) in [5.74, 6) is 1.39. The number of ether oxygens (including phenoxy) is 1. The molecule has 8 nitrogen and oxygen atoms in total. The molecule has 0 spiro atoms. The molecule has 0 aromatic carbocycles. The summed E-state index contributed by atoms with van der Waals surface area (Å²) in [6, 6.07) is 3.69. The highest BCUT2D eigenvalue weighted by molar-refractivity contribution is 7.71. The molecule has 9 heteroatoms. The van der Waals surface area contributed by atoms with Crippen molar-refractivity contribution in [2.24, 2.45) is 7.05 Å². The highest BCUT2D eigenvalue weighted by Crippen LogP contribution is 2.18. The standard InChI is InChI=1S/C15H21N5O3S/c1-3-22-15(21)19-8-6-18(7-9-19)11-20-14(24)17(2)13(16-20)12-5-4-10-23-12/h4-5,10H,3,6-9,11H2,1-2H3. The molecule has 0 bridgehead atoms. The Kier molecular flexibility index (Phi) is 5.00. The molecule has 0 unspecified atom stereocenters. The summed E-state index contributed by atoms with van der Waals surface area (Å²) in [6.45, 7) is 5.60. The lowest BCUT2D eigenvalue weighted by Crippen LogP contribution is -2.49. The minimum absolute atomic E-state index is 0.244. The van der Waals surface area contributed by atoms with Gasteiger partial charge in [-0.05, 0) is 31.3 Å². The van der Waals surface area contributed by atoms with Gasteiger partial charge in [-0.25, -0.2) is 9.48 Å². The molecule has 0 atom stereocenters. The summed E-state index contributed by atoms with van der Waals surface area (Å²) in [5, 5.41) is 4.56. The number of carbonyl (C=O) groups excluding carboxylic acids is 1. The van der Waals surface area contributed by atoms with Crippen LogP contribution in [0.1, 0.15) is 6.92 Å². The first-order valence-corrected chi connectivity index (χ1v) is 8.32. The second kappa shape index (κ2) is 7.18. The summed E-state index contributed by atoms with van der Waals surface area (Å²) in [4.78, 5) is 15.7. The predicted molar refractivity (Wildman–Crippen MR) is 89.9 cm³/mol. The van der Waals surface area contributed by atoms with Crippen molar-refractivity contribution < 1.29 is 13.9 Å². The van der Waals surface area contributed by atoms with E-state index < -0.39 is 0 Å². The van der Waals surface area contributed by atoms with Crippen LogP contribution in [0.15, 0.2) is 22.8 Å². The van der Waals surface area contributed by atoms with Crippen LogP contribution in [0, 0.1) is 4.77 Å². The fourth-order valence-electron chi connectivity index (χ4n) is 2.68. The average Bonchev–Trinajstić information content (AvgIpc) is 3.20. The van der Waals surface area contributed by atoms with Crippen molar-refractivity contribution in [3.8, 4) is 11.6 Å². The molecule has 130 valence electrons. The maximum absolute atomic E-state index is 11.7. The lowest BCUT2D eigenvalue weighted by Gasteiger charge is -2.33. The van der Waals surface area contributed by atoms with Gasteiger partial charge in [0.2, 0.25) is 0 Å². The molecule has 1 saturated heterocycles. The van der Waals surface area contributed by atoms with Gasteiger partial charge in [-0.1, -0.05) is 0 Å². The number of hydrogen-bond acceptors (Lipinski definition) is 6. The summed E-state index contributed by atoms with van der Waals surface area (Å²) < 4.78 is 14.7. The lowest BCUT2D eigenvalue weighted by molar-refractivity contribution is 0.0691. The normalized spacial score (nSPS) is 15.7. The van der Waals surface area contributed by atoms with E-state index >= 15 is 0 Å². The maximum Gasteiger partial charge on any atom is 0.409 e. The number of hydrogen-bond donors (Lipinski definition) is 0. The van der Waals surface area contributed by atoms with Gasteiger partial charge >= 0.3 is 6.09 Å². The van der Waals surface area contributed by atoms with Crippen LogP contribution in [0.3, 0.4) is 0 Å². The molecule has 0 N–H and O–H groups in total. The van der Waals surface area contributed by atoms with E-state index in [0.717, 1.165) is 13.1 Å². The predicted octanol–water partition coefficient (Wildman–Crippen LogP) is 1.94. The van der Waals surface area contributed by atoms with Crippen molar-refractivity contribution in [2.75, 3.05) is 32.8 Å². The van der Waals surface area contributed by atoms with Gasteiger partial charge in [0.25, 0.3) is 0 Å². The molecule has 3 heterocycles. The number of furan rings is 1. The molecule has 0 saturated carbocycles. The monoisotopic (exact) mass is 351 g/mol. The average molecular weight is 351 g/mol. The number of nitrogens with zero attached hydrogens (tertiary/aromatic N) is 5. The molecule has 2 aromatic rings. The van der Waals surface area contributed by atoms with Crippen LogP contribution in [0.2, 0.25) is 0 Å².